The van der Waals surface area contributed by atoms with Gasteiger partial charge in [-0.15, -0.1) is 0 Å². The van der Waals surface area contributed by atoms with Crippen LogP contribution in [0.15, 0.2) is 26.1 Å². The zero-order chi connectivity index (χ0) is 12.7. The van der Waals surface area contributed by atoms with Crippen molar-refractivity contribution in [3.63, 3.8) is 0 Å². The summed E-state index contributed by atoms with van der Waals surface area (Å²) in [7, 11) is 0. The Balaban J connectivity index is 2.17. The van der Waals surface area contributed by atoms with Gasteiger partial charge >= 0.3 is 11.4 Å². The van der Waals surface area contributed by atoms with Gasteiger partial charge in [0, 0.05) is 0 Å². The molecule has 0 atom stereocenters. The number of rotatable bonds is 3. The molecule has 0 radical (unpaired) electrons. The predicted octanol–water partition coefficient (Wildman–Crippen LogP) is 1.58. The molecule has 1 heterocycles. The highest BCUT2D eigenvalue weighted by atomic mass is 16.5. The molecule has 1 aromatic carbocycles. The number of nitrogens with one attached hydrogen (secondary N) is 1. The van der Waals surface area contributed by atoms with Gasteiger partial charge < -0.3 is 9.15 Å². The van der Waals surface area contributed by atoms with Crippen LogP contribution in [0.3, 0.4) is 0 Å². The highest BCUT2D eigenvalue weighted by Gasteiger charge is 2.23. The second kappa shape index (κ2) is 4.01. The molecule has 0 saturated heterocycles. The lowest BCUT2D eigenvalue weighted by Gasteiger charge is -2.10. The van der Waals surface area contributed by atoms with E-state index < -0.39 is 11.4 Å². The molecule has 0 spiro atoms. The Labute approximate surface area is 102 Å². The molecule has 1 saturated carbocycles. The normalized spacial score (nSPS) is 14.9. The summed E-state index contributed by atoms with van der Waals surface area (Å²) in [6.07, 6.45) is 2.35. The molecule has 0 aliphatic heterocycles. The number of fused-ring (bicyclic) bond motifs is 1. The minimum Gasteiger partial charge on any atom is -0.492 e. The van der Waals surface area contributed by atoms with Gasteiger partial charge in [0.15, 0.2) is 0 Å². The molecular formula is C13H13NO4. The van der Waals surface area contributed by atoms with Crippen molar-refractivity contribution >= 4 is 10.9 Å². The third kappa shape index (κ3) is 1.92. The van der Waals surface area contributed by atoms with Gasteiger partial charge in [0.1, 0.15) is 11.1 Å². The monoisotopic (exact) mass is 247 g/mol. The third-order valence-corrected chi connectivity index (χ3v) is 3.14. The lowest BCUT2D eigenvalue weighted by atomic mass is 10.1. The first-order valence-electron chi connectivity index (χ1n) is 5.94. The van der Waals surface area contributed by atoms with Crippen molar-refractivity contribution in [1.82, 2.24) is 4.98 Å². The fraction of sp³-hybridized carbons (Fsp3) is 0.385. The second-order valence-electron chi connectivity index (χ2n) is 4.69. The first kappa shape index (κ1) is 11.1. The fourth-order valence-electron chi connectivity index (χ4n) is 1.94. The van der Waals surface area contributed by atoms with Gasteiger partial charge in [-0.25, -0.2) is 9.59 Å². The van der Waals surface area contributed by atoms with Gasteiger partial charge in [-0.2, -0.15) is 0 Å². The molecule has 1 fully saturated rings. The molecule has 5 heteroatoms. The van der Waals surface area contributed by atoms with Crippen molar-refractivity contribution in [2.75, 3.05) is 6.61 Å². The zero-order valence-electron chi connectivity index (χ0n) is 9.99. The molecule has 3 rings (SSSR count). The first-order chi connectivity index (χ1) is 8.65. The molecule has 1 aliphatic rings. The summed E-state index contributed by atoms with van der Waals surface area (Å²) < 4.78 is 10.3. The van der Waals surface area contributed by atoms with Crippen LogP contribution in [-0.2, 0) is 0 Å². The number of benzene rings is 1. The SMILES string of the molecule is Cc1ccc2[nH]c(=O)oc(=O)c2c1OCC1CC1. The first-order valence-corrected chi connectivity index (χ1v) is 5.94. The van der Waals surface area contributed by atoms with Crippen LogP contribution < -0.4 is 16.1 Å². The Kier molecular flexibility index (Phi) is 2.47. The Morgan fingerprint density at radius 1 is 1.39 bits per heavy atom. The number of hydrogen-bond donors (Lipinski definition) is 1. The smallest absolute Gasteiger partial charge is 0.419 e. The van der Waals surface area contributed by atoms with E-state index in [1.807, 2.05) is 13.0 Å². The van der Waals surface area contributed by atoms with Crippen LogP contribution in [0.4, 0.5) is 0 Å². The predicted molar refractivity (Wildman–Crippen MR) is 66.1 cm³/mol. The number of hydrogen-bond acceptors (Lipinski definition) is 4. The standard InChI is InChI=1S/C13H13NO4/c1-7-2-5-9-10(12(15)18-13(16)14-9)11(7)17-6-8-3-4-8/h2,5,8H,3-4,6H2,1H3,(H,14,16). The van der Waals surface area contributed by atoms with Crippen LogP contribution in [-0.4, -0.2) is 11.6 Å². The van der Waals surface area contributed by atoms with Crippen molar-refractivity contribution < 1.29 is 9.15 Å². The molecule has 18 heavy (non-hydrogen) atoms. The van der Waals surface area contributed by atoms with Gasteiger partial charge in [0.2, 0.25) is 0 Å². The van der Waals surface area contributed by atoms with E-state index in [0.717, 1.165) is 5.56 Å². The van der Waals surface area contributed by atoms with Gasteiger partial charge in [-0.05, 0) is 37.3 Å². The van der Waals surface area contributed by atoms with Gasteiger partial charge in [-0.1, -0.05) is 6.07 Å². The number of H-pyrrole nitrogens is 1. The van der Waals surface area contributed by atoms with Crippen LogP contribution in [0.1, 0.15) is 18.4 Å². The Bertz CT molecular complexity index is 709. The quantitative estimate of drug-likeness (QED) is 0.893. The van der Waals surface area contributed by atoms with E-state index in [4.69, 9.17) is 4.74 Å². The van der Waals surface area contributed by atoms with Crippen LogP contribution >= 0.6 is 0 Å². The molecule has 0 unspecified atom stereocenters. The molecule has 2 aromatic rings. The van der Waals surface area contributed by atoms with Crippen LogP contribution in [0.2, 0.25) is 0 Å². The van der Waals surface area contributed by atoms with Gasteiger partial charge in [-0.3, -0.25) is 4.98 Å². The number of aromatic amines is 1. The summed E-state index contributed by atoms with van der Waals surface area (Å²) in [4.78, 5) is 25.4. The van der Waals surface area contributed by atoms with Crippen LogP contribution in [0.25, 0.3) is 10.9 Å². The number of aryl methyl sites for hydroxylation is 1. The molecule has 1 aromatic heterocycles. The number of ether oxygens (including phenoxy) is 1. The number of aromatic nitrogens is 1. The van der Waals surface area contributed by atoms with Crippen LogP contribution in [0, 0.1) is 12.8 Å². The van der Waals surface area contributed by atoms with Gasteiger partial charge in [0.25, 0.3) is 0 Å². The van der Waals surface area contributed by atoms with E-state index in [-0.39, 0.29) is 0 Å². The maximum absolute atomic E-state index is 11.8. The molecule has 1 N–H and O–H groups in total. The average molecular weight is 247 g/mol. The Hall–Kier alpha value is -2.04. The summed E-state index contributed by atoms with van der Waals surface area (Å²) in [6, 6.07) is 3.51. The Morgan fingerprint density at radius 3 is 2.89 bits per heavy atom. The summed E-state index contributed by atoms with van der Waals surface area (Å²) in [5.41, 5.74) is 0.665. The van der Waals surface area contributed by atoms with E-state index in [1.165, 1.54) is 12.8 Å². The molecule has 5 nitrogen and oxygen atoms in total. The lowest BCUT2D eigenvalue weighted by molar-refractivity contribution is 0.300. The summed E-state index contributed by atoms with van der Waals surface area (Å²) in [6.45, 7) is 2.48. The summed E-state index contributed by atoms with van der Waals surface area (Å²) in [5, 5.41) is 0.315. The molecule has 94 valence electrons. The lowest BCUT2D eigenvalue weighted by Crippen LogP contribution is -2.16. The van der Waals surface area contributed by atoms with E-state index in [9.17, 15) is 9.59 Å². The van der Waals surface area contributed by atoms with Crippen molar-refractivity contribution in [3.05, 3.63) is 38.7 Å². The van der Waals surface area contributed by atoms with Crippen molar-refractivity contribution in [2.24, 2.45) is 5.92 Å². The Morgan fingerprint density at radius 2 is 2.17 bits per heavy atom. The maximum Gasteiger partial charge on any atom is 0.419 e. The van der Waals surface area contributed by atoms with Crippen LogP contribution in [0.5, 0.6) is 5.75 Å². The summed E-state index contributed by atoms with van der Waals surface area (Å²) in [5.74, 6) is 0.364. The topological polar surface area (TPSA) is 72.3 Å². The summed E-state index contributed by atoms with van der Waals surface area (Å²) >= 11 is 0. The second-order valence-corrected chi connectivity index (χ2v) is 4.69. The van der Waals surface area contributed by atoms with Gasteiger partial charge in [0.05, 0.1) is 12.1 Å². The molecule has 1 aliphatic carbocycles. The van der Waals surface area contributed by atoms with E-state index in [1.54, 1.807) is 6.07 Å². The van der Waals surface area contributed by atoms with E-state index >= 15 is 0 Å². The maximum atomic E-state index is 11.8. The average Bonchev–Trinajstić information content (AvgIpc) is 3.12. The third-order valence-electron chi connectivity index (χ3n) is 3.14. The molecular weight excluding hydrogens is 234 g/mol. The van der Waals surface area contributed by atoms with E-state index in [0.29, 0.717) is 29.2 Å². The molecule has 0 amide bonds. The minimum atomic E-state index is -0.746. The largest absolute Gasteiger partial charge is 0.492 e. The van der Waals surface area contributed by atoms with Crippen molar-refractivity contribution in [3.8, 4) is 5.75 Å². The zero-order valence-corrected chi connectivity index (χ0v) is 9.99. The minimum absolute atomic E-state index is 0.315. The van der Waals surface area contributed by atoms with Crippen molar-refractivity contribution in [2.45, 2.75) is 19.8 Å². The highest BCUT2D eigenvalue weighted by Crippen LogP contribution is 2.32. The van der Waals surface area contributed by atoms with Crippen molar-refractivity contribution in [1.29, 1.82) is 0 Å². The highest BCUT2D eigenvalue weighted by molar-refractivity contribution is 5.85. The fourth-order valence-corrected chi connectivity index (χ4v) is 1.94. The van der Waals surface area contributed by atoms with E-state index in [2.05, 4.69) is 9.40 Å². The molecule has 0 bridgehead atoms.